The average molecular weight is 595 g/mol. The first-order valence-corrected chi connectivity index (χ1v) is 11.2. The van der Waals surface area contributed by atoms with Crippen LogP contribution in [0.15, 0.2) is 48.5 Å². The van der Waals surface area contributed by atoms with Gasteiger partial charge in [0.15, 0.2) is 0 Å². The van der Waals surface area contributed by atoms with E-state index in [1.54, 1.807) is 0 Å². The Balaban J connectivity index is 0.000000483. The number of hydrogen-bond donors (Lipinski definition) is 0. The van der Waals surface area contributed by atoms with Crippen molar-refractivity contribution < 1.29 is 27.3 Å². The SMILES string of the molecule is CCN(CC)Cc1ccccc1[Se-].CCN(CC)Cc1ccccc1[Se-].[Cd+2]. The van der Waals surface area contributed by atoms with Crippen LogP contribution in [0.1, 0.15) is 38.8 Å². The molecule has 0 atom stereocenters. The van der Waals surface area contributed by atoms with Gasteiger partial charge in [0.25, 0.3) is 0 Å². The standard InChI is InChI=1S/2C11H17NSe.Cd/c2*1-3-12(4-2)9-10-7-5-6-8-11(10)13;/h2*5-8,13H,3-4,9H2,1-2H3;/q;;+2/p-2. The fourth-order valence-corrected chi connectivity index (χ4v) is 3.53. The van der Waals surface area contributed by atoms with E-state index in [-0.39, 0.29) is 27.3 Å². The first-order valence-electron chi connectivity index (χ1n) is 9.50. The van der Waals surface area contributed by atoms with Gasteiger partial charge >= 0.3 is 205 Å². The molecule has 0 bridgehead atoms. The van der Waals surface area contributed by atoms with E-state index in [4.69, 9.17) is 0 Å². The Hall–Kier alpha value is 0.321. The molecule has 0 saturated carbocycles. The quantitative estimate of drug-likeness (QED) is 0.434. The summed E-state index contributed by atoms with van der Waals surface area (Å²) in [6.07, 6.45) is 0. The van der Waals surface area contributed by atoms with Crippen molar-refractivity contribution in [2.75, 3.05) is 26.2 Å². The minimum atomic E-state index is 0. The Kier molecular flexibility index (Phi) is 16.3. The number of hydrogen-bond acceptors (Lipinski definition) is 2. The molecule has 0 saturated heterocycles. The smallest absolute Gasteiger partial charge is 2.00 e. The Bertz CT molecular complexity index is 574. The second-order valence-electron chi connectivity index (χ2n) is 6.14. The van der Waals surface area contributed by atoms with E-state index in [2.05, 4.69) is 118 Å². The van der Waals surface area contributed by atoms with Gasteiger partial charge in [0, 0.05) is 0 Å². The van der Waals surface area contributed by atoms with Crippen LogP contribution in [0.5, 0.6) is 0 Å². The van der Waals surface area contributed by atoms with Crippen molar-refractivity contribution in [3.05, 3.63) is 59.7 Å². The Labute approximate surface area is 203 Å². The van der Waals surface area contributed by atoms with Crippen LogP contribution in [0.4, 0.5) is 0 Å². The predicted octanol–water partition coefficient (Wildman–Crippen LogP) is 2.64. The summed E-state index contributed by atoms with van der Waals surface area (Å²) in [5.41, 5.74) is 2.79. The maximum atomic E-state index is 3.10. The zero-order valence-electron chi connectivity index (χ0n) is 17.3. The topological polar surface area (TPSA) is 6.48 Å². The third-order valence-electron chi connectivity index (χ3n) is 4.52. The number of benzene rings is 2. The molecular weight excluding hydrogens is 563 g/mol. The summed E-state index contributed by atoms with van der Waals surface area (Å²) in [6.45, 7) is 15.4. The zero-order chi connectivity index (χ0) is 19.4. The number of rotatable bonds is 8. The van der Waals surface area contributed by atoms with Gasteiger partial charge in [-0.2, -0.15) is 0 Å². The molecule has 0 N–H and O–H groups in total. The first kappa shape index (κ1) is 27.3. The van der Waals surface area contributed by atoms with E-state index < -0.39 is 0 Å². The van der Waals surface area contributed by atoms with E-state index in [0.717, 1.165) is 39.3 Å². The van der Waals surface area contributed by atoms with Gasteiger partial charge in [0.05, 0.1) is 0 Å². The molecule has 5 heteroatoms. The van der Waals surface area contributed by atoms with E-state index in [9.17, 15) is 0 Å². The van der Waals surface area contributed by atoms with Gasteiger partial charge < -0.3 is 0 Å². The molecule has 2 aromatic rings. The molecule has 27 heavy (non-hydrogen) atoms. The second kappa shape index (κ2) is 16.2. The maximum absolute atomic E-state index is 3.10. The molecule has 2 nitrogen and oxygen atoms in total. The van der Waals surface area contributed by atoms with E-state index in [1.807, 2.05) is 0 Å². The third-order valence-corrected chi connectivity index (χ3v) is 6.19. The van der Waals surface area contributed by atoms with E-state index in [1.165, 1.54) is 20.1 Å². The average Bonchev–Trinajstić information content (AvgIpc) is 2.67. The summed E-state index contributed by atoms with van der Waals surface area (Å²) in [5.74, 6) is 0. The van der Waals surface area contributed by atoms with Gasteiger partial charge in [-0.3, -0.25) is 0 Å². The summed E-state index contributed by atoms with van der Waals surface area (Å²) >= 11 is 6.19. The zero-order valence-corrected chi connectivity index (χ0v) is 24.7. The first-order chi connectivity index (χ1) is 12.5. The predicted molar refractivity (Wildman–Crippen MR) is 117 cm³/mol. The second-order valence-corrected chi connectivity index (χ2v) is 7.98. The molecule has 0 aliphatic rings. The van der Waals surface area contributed by atoms with Crippen LogP contribution < -0.4 is 8.92 Å². The molecule has 0 radical (unpaired) electrons. The minimum Gasteiger partial charge on any atom is 2.00 e. The van der Waals surface area contributed by atoms with Crippen LogP contribution in [-0.2, 0) is 40.4 Å². The van der Waals surface area contributed by atoms with Crippen LogP contribution in [0.2, 0.25) is 0 Å². The van der Waals surface area contributed by atoms with Gasteiger partial charge in [-0.05, 0) is 0 Å². The molecule has 0 amide bonds. The Morgan fingerprint density at radius 3 is 1.15 bits per heavy atom. The fraction of sp³-hybridized carbons (Fsp3) is 0.455. The monoisotopic (exact) mass is 598 g/mol. The van der Waals surface area contributed by atoms with Crippen LogP contribution in [0.25, 0.3) is 0 Å². The van der Waals surface area contributed by atoms with Crippen molar-refractivity contribution in [2.45, 2.75) is 40.8 Å². The van der Waals surface area contributed by atoms with Crippen LogP contribution in [0.3, 0.4) is 0 Å². The summed E-state index contributed by atoms with van der Waals surface area (Å²) in [7, 11) is 0. The molecule has 0 heterocycles. The van der Waals surface area contributed by atoms with Crippen molar-refractivity contribution in [3.63, 3.8) is 0 Å². The van der Waals surface area contributed by atoms with Crippen molar-refractivity contribution in [1.82, 2.24) is 9.80 Å². The number of nitrogens with zero attached hydrogens (tertiary/aromatic N) is 2. The fourth-order valence-electron chi connectivity index (χ4n) is 2.65. The van der Waals surface area contributed by atoms with Gasteiger partial charge in [0.1, 0.15) is 0 Å². The minimum absolute atomic E-state index is 0. The molecule has 2 aromatic carbocycles. The molecular formula is C22H32CdN2Se2. The maximum Gasteiger partial charge on any atom is 2.00 e. The largest absolute Gasteiger partial charge is 2.00 e. The molecule has 0 aromatic heterocycles. The van der Waals surface area contributed by atoms with Gasteiger partial charge in [-0.1, -0.05) is 0 Å². The van der Waals surface area contributed by atoms with Crippen molar-refractivity contribution in [2.24, 2.45) is 0 Å². The molecule has 0 fully saturated rings. The summed E-state index contributed by atoms with van der Waals surface area (Å²) in [5, 5.41) is 0. The molecule has 0 unspecified atom stereocenters. The van der Waals surface area contributed by atoms with E-state index in [0.29, 0.717) is 0 Å². The van der Waals surface area contributed by atoms with Crippen molar-refractivity contribution >= 4 is 40.9 Å². The summed E-state index contributed by atoms with van der Waals surface area (Å²) in [4.78, 5) is 4.83. The normalized spacial score (nSPS) is 10.3. The van der Waals surface area contributed by atoms with Crippen LogP contribution >= 0.6 is 0 Å². The Morgan fingerprint density at radius 2 is 0.889 bits per heavy atom. The van der Waals surface area contributed by atoms with Crippen molar-refractivity contribution in [1.29, 1.82) is 0 Å². The van der Waals surface area contributed by atoms with E-state index >= 15 is 0 Å². The molecule has 0 aliphatic carbocycles. The Morgan fingerprint density at radius 1 is 0.593 bits per heavy atom. The van der Waals surface area contributed by atoms with Crippen molar-refractivity contribution in [3.8, 4) is 0 Å². The van der Waals surface area contributed by atoms with Gasteiger partial charge in [0.2, 0.25) is 0 Å². The molecule has 0 spiro atoms. The van der Waals surface area contributed by atoms with Gasteiger partial charge in [-0.15, -0.1) is 0 Å². The molecule has 0 aliphatic heterocycles. The molecule has 144 valence electrons. The van der Waals surface area contributed by atoms with Gasteiger partial charge in [-0.25, -0.2) is 0 Å². The summed E-state index contributed by atoms with van der Waals surface area (Å²) in [6, 6.07) is 16.9. The third kappa shape index (κ3) is 10.6. The van der Waals surface area contributed by atoms with Crippen LogP contribution in [0, 0.1) is 0 Å². The summed E-state index contributed by atoms with van der Waals surface area (Å²) < 4.78 is 2.55. The molecule has 2 rings (SSSR count). The van der Waals surface area contributed by atoms with Crippen LogP contribution in [-0.4, -0.2) is 68.0 Å².